The molecule has 4 aromatic carbocycles. The Balaban J connectivity index is 1.05. The number of hydrogen-bond acceptors (Lipinski definition) is 7. The number of nitrogens with zero attached hydrogens (tertiary/aromatic N) is 1. The largest absolute Gasteiger partial charge is 0.506 e. The van der Waals surface area contributed by atoms with Gasteiger partial charge in [-0.2, -0.15) is 0 Å². The lowest BCUT2D eigenvalue weighted by atomic mass is 9.99. The maximum absolute atomic E-state index is 12.7. The number of carboxylic acid groups (broad SMARTS) is 1. The summed E-state index contributed by atoms with van der Waals surface area (Å²) in [5, 5.41) is 36.6. The molecule has 0 fully saturated rings. The zero-order valence-electron chi connectivity index (χ0n) is 25.4. The van der Waals surface area contributed by atoms with Gasteiger partial charge in [0.05, 0.1) is 22.8 Å². The number of amides is 1. The lowest BCUT2D eigenvalue weighted by Crippen LogP contribution is -2.24. The molecule has 2 aromatic heterocycles. The summed E-state index contributed by atoms with van der Waals surface area (Å²) in [6, 6.07) is 27.0. The van der Waals surface area contributed by atoms with Crippen LogP contribution in [0.15, 0.2) is 105 Å². The average molecular weight is 635 g/mol. The minimum Gasteiger partial charge on any atom is -0.506 e. The molecule has 2 heterocycles. The fourth-order valence-electron chi connectivity index (χ4n) is 5.89. The number of aromatic hydroxyl groups is 1. The standard InChI is InChI=1S/C36H34N4O7/c41-30-14-11-26(27-12-15-33(43)39-34(27)30)31(42)21-37-17-16-23-9-13-29-32(20-23)47-36(46)40(29)18-4-5-22-8-10-25(24-6-2-1-3-7-24)28(19-22)38-35(44)45/h1-3,6-15,19-20,31,37-38,41-42H,4-5,16-18,21H2,(H,39,43)(H,44,45)/t31-/m1/s1. The highest BCUT2D eigenvalue weighted by Crippen LogP contribution is 2.30. The number of pyridine rings is 1. The molecule has 0 spiro atoms. The highest BCUT2D eigenvalue weighted by molar-refractivity contribution is 5.91. The summed E-state index contributed by atoms with van der Waals surface area (Å²) in [4.78, 5) is 38.4. The molecule has 1 atom stereocenters. The maximum Gasteiger partial charge on any atom is 0.419 e. The van der Waals surface area contributed by atoms with Crippen molar-refractivity contribution in [2.24, 2.45) is 0 Å². The van der Waals surface area contributed by atoms with E-state index in [1.165, 1.54) is 12.1 Å². The molecular formula is C36H34N4O7. The van der Waals surface area contributed by atoms with Crippen molar-refractivity contribution in [3.05, 3.63) is 129 Å². The molecule has 0 aliphatic rings. The highest BCUT2D eigenvalue weighted by atomic mass is 16.4. The molecule has 6 N–H and O–H groups in total. The Hall–Kier alpha value is -5.65. The maximum atomic E-state index is 12.7. The van der Waals surface area contributed by atoms with Gasteiger partial charge in [-0.05, 0) is 78.4 Å². The van der Waals surface area contributed by atoms with E-state index in [1.54, 1.807) is 16.7 Å². The molecule has 0 saturated carbocycles. The fourth-order valence-corrected chi connectivity index (χ4v) is 5.89. The molecule has 0 unspecified atom stereocenters. The first-order valence-corrected chi connectivity index (χ1v) is 15.3. The van der Waals surface area contributed by atoms with Gasteiger partial charge >= 0.3 is 11.8 Å². The van der Waals surface area contributed by atoms with Gasteiger partial charge in [-0.1, -0.05) is 54.6 Å². The SMILES string of the molecule is O=C(O)Nc1cc(CCCn2c(=O)oc3cc(CCNC[C@@H](O)c4ccc(O)c5[nH]c(=O)ccc45)ccc32)ccc1-c1ccccc1. The quantitative estimate of drug-likeness (QED) is 0.0973. The lowest BCUT2D eigenvalue weighted by Gasteiger charge is -2.15. The van der Waals surface area contributed by atoms with Crippen molar-refractivity contribution >= 4 is 33.8 Å². The summed E-state index contributed by atoms with van der Waals surface area (Å²) >= 11 is 0. The number of aliphatic hydroxyl groups is 1. The predicted molar refractivity (Wildman–Crippen MR) is 180 cm³/mol. The molecule has 1 amide bonds. The van der Waals surface area contributed by atoms with Crippen LogP contribution in [0, 0.1) is 0 Å². The number of H-pyrrole nitrogens is 1. The minimum atomic E-state index is -1.13. The zero-order valence-corrected chi connectivity index (χ0v) is 25.4. The molecule has 6 rings (SSSR count). The predicted octanol–water partition coefficient (Wildman–Crippen LogP) is 5.40. The summed E-state index contributed by atoms with van der Waals surface area (Å²) in [5.74, 6) is -0.496. The summed E-state index contributed by atoms with van der Waals surface area (Å²) in [7, 11) is 0. The van der Waals surface area contributed by atoms with Crippen molar-refractivity contribution in [3.8, 4) is 16.9 Å². The van der Waals surface area contributed by atoms with Gasteiger partial charge < -0.3 is 30.0 Å². The van der Waals surface area contributed by atoms with Crippen LogP contribution in [0.2, 0.25) is 0 Å². The fraction of sp³-hybridized carbons (Fsp3) is 0.194. The van der Waals surface area contributed by atoms with Crippen LogP contribution in [0.1, 0.15) is 29.2 Å². The Labute approximate surface area is 268 Å². The molecule has 0 bridgehead atoms. The van der Waals surface area contributed by atoms with Gasteiger partial charge in [-0.3, -0.25) is 14.7 Å². The smallest absolute Gasteiger partial charge is 0.419 e. The van der Waals surface area contributed by atoms with Gasteiger partial charge in [-0.25, -0.2) is 9.59 Å². The Morgan fingerprint density at radius 1 is 0.915 bits per heavy atom. The highest BCUT2D eigenvalue weighted by Gasteiger charge is 2.15. The number of aliphatic hydroxyl groups excluding tert-OH is 1. The van der Waals surface area contributed by atoms with Gasteiger partial charge in [0.2, 0.25) is 5.56 Å². The van der Waals surface area contributed by atoms with Gasteiger partial charge in [-0.15, -0.1) is 0 Å². The van der Waals surface area contributed by atoms with Crippen LogP contribution in [0.5, 0.6) is 5.75 Å². The number of aromatic amines is 1. The van der Waals surface area contributed by atoms with Gasteiger partial charge in [0.1, 0.15) is 5.75 Å². The molecule has 11 heteroatoms. The van der Waals surface area contributed by atoms with Crippen molar-refractivity contribution in [1.29, 1.82) is 0 Å². The van der Waals surface area contributed by atoms with Crippen LogP contribution in [0.3, 0.4) is 0 Å². The number of phenolic OH excluding ortho intramolecular Hbond substituents is 1. The number of nitrogens with one attached hydrogen (secondary N) is 3. The summed E-state index contributed by atoms with van der Waals surface area (Å²) in [5.41, 5.74) is 5.86. The number of fused-ring (bicyclic) bond motifs is 2. The number of anilines is 1. The second kappa shape index (κ2) is 13.8. The lowest BCUT2D eigenvalue weighted by molar-refractivity contribution is 0.176. The normalized spacial score (nSPS) is 12.0. The number of hydrogen-bond donors (Lipinski definition) is 6. The van der Waals surface area contributed by atoms with E-state index in [0.29, 0.717) is 60.1 Å². The van der Waals surface area contributed by atoms with Crippen LogP contribution < -0.4 is 21.9 Å². The van der Waals surface area contributed by atoms with Crippen LogP contribution in [0.4, 0.5) is 10.5 Å². The van der Waals surface area contributed by atoms with Crippen LogP contribution in [-0.2, 0) is 19.4 Å². The first kappa shape index (κ1) is 31.3. The third-order valence-corrected chi connectivity index (χ3v) is 8.18. The Morgan fingerprint density at radius 3 is 2.51 bits per heavy atom. The molecule has 240 valence electrons. The van der Waals surface area contributed by atoms with Crippen molar-refractivity contribution in [3.63, 3.8) is 0 Å². The molecular weight excluding hydrogens is 600 g/mol. The summed E-state index contributed by atoms with van der Waals surface area (Å²) in [6.07, 6.45) is -0.0826. The molecule has 0 saturated heterocycles. The second-order valence-corrected chi connectivity index (χ2v) is 11.4. The van der Waals surface area contributed by atoms with E-state index in [1.807, 2.05) is 66.7 Å². The summed E-state index contributed by atoms with van der Waals surface area (Å²) in [6.45, 7) is 1.25. The minimum absolute atomic E-state index is 0.0598. The topological polar surface area (TPSA) is 170 Å². The van der Waals surface area contributed by atoms with Gasteiger partial charge in [0.15, 0.2) is 5.58 Å². The molecule has 11 nitrogen and oxygen atoms in total. The third kappa shape index (κ3) is 7.11. The molecule has 0 aliphatic carbocycles. The van der Waals surface area contributed by atoms with Crippen molar-refractivity contribution < 1.29 is 24.5 Å². The van der Waals surface area contributed by atoms with Gasteiger partial charge in [0, 0.05) is 30.1 Å². The average Bonchev–Trinajstić information content (AvgIpc) is 3.37. The van der Waals surface area contributed by atoms with Crippen molar-refractivity contribution in [2.45, 2.75) is 31.9 Å². The first-order valence-electron chi connectivity index (χ1n) is 15.3. The first-order chi connectivity index (χ1) is 22.8. The van der Waals surface area contributed by atoms with E-state index >= 15 is 0 Å². The number of carbonyl (C=O) groups is 1. The van der Waals surface area contributed by atoms with Crippen molar-refractivity contribution in [2.75, 3.05) is 18.4 Å². The Bertz CT molecular complexity index is 2170. The van der Waals surface area contributed by atoms with E-state index < -0.39 is 18.0 Å². The van der Waals surface area contributed by atoms with E-state index in [0.717, 1.165) is 22.3 Å². The van der Waals surface area contributed by atoms with Crippen LogP contribution in [-0.4, -0.2) is 44.1 Å². The number of aromatic nitrogens is 2. The number of phenols is 1. The van der Waals surface area contributed by atoms with Crippen LogP contribution >= 0.6 is 0 Å². The molecule has 0 aliphatic heterocycles. The van der Waals surface area contributed by atoms with E-state index in [2.05, 4.69) is 15.6 Å². The second-order valence-electron chi connectivity index (χ2n) is 11.4. The number of oxazole rings is 1. The Kier molecular flexibility index (Phi) is 9.18. The van der Waals surface area contributed by atoms with Crippen molar-refractivity contribution in [1.82, 2.24) is 14.9 Å². The zero-order chi connectivity index (χ0) is 32.9. The van der Waals surface area contributed by atoms with E-state index in [9.17, 15) is 29.7 Å². The van der Waals surface area contributed by atoms with Crippen LogP contribution in [0.25, 0.3) is 33.1 Å². The monoisotopic (exact) mass is 634 g/mol. The number of benzene rings is 4. The summed E-state index contributed by atoms with van der Waals surface area (Å²) < 4.78 is 7.17. The molecule has 0 radical (unpaired) electrons. The number of aryl methyl sites for hydroxylation is 2. The molecule has 47 heavy (non-hydrogen) atoms. The van der Waals surface area contributed by atoms with E-state index in [4.69, 9.17) is 4.42 Å². The molecule has 6 aromatic rings. The Morgan fingerprint density at radius 2 is 1.70 bits per heavy atom. The van der Waals surface area contributed by atoms with E-state index in [-0.39, 0.29) is 23.4 Å². The number of rotatable bonds is 12. The third-order valence-electron chi connectivity index (χ3n) is 8.18. The van der Waals surface area contributed by atoms with Gasteiger partial charge in [0.25, 0.3) is 0 Å².